The molecule has 0 aromatic carbocycles. The fraction of sp³-hybridized carbons (Fsp3) is 0.889. The summed E-state index contributed by atoms with van der Waals surface area (Å²) in [7, 11) is 3.22. The maximum atomic E-state index is 11.7. The van der Waals surface area contributed by atoms with Gasteiger partial charge in [0.2, 0.25) is 0 Å². The van der Waals surface area contributed by atoms with E-state index in [1.165, 1.54) is 20.0 Å². The number of nitrogens with one attached hydrogen (secondary N) is 1. The van der Waals surface area contributed by atoms with E-state index in [-0.39, 0.29) is 35.9 Å². The number of ether oxygens (including phenoxy) is 2. The molecule has 0 spiro atoms. The Morgan fingerprint density at radius 3 is 2.54 bits per heavy atom. The number of nitrogens with zero attached hydrogens (tertiary/aromatic N) is 3. The van der Waals surface area contributed by atoms with E-state index in [1.807, 2.05) is 0 Å². The summed E-state index contributed by atoms with van der Waals surface area (Å²) < 4.78 is 10.1. The molecule has 0 aromatic rings. The van der Waals surface area contributed by atoms with Crippen molar-refractivity contribution >= 4 is 35.9 Å². The van der Waals surface area contributed by atoms with Gasteiger partial charge in [0.05, 0.1) is 26.2 Å². The smallest absolute Gasteiger partial charge is 0.308 e. The van der Waals surface area contributed by atoms with Gasteiger partial charge in [-0.05, 0) is 39.2 Å². The van der Waals surface area contributed by atoms with Crippen molar-refractivity contribution in [3.8, 4) is 0 Å². The van der Waals surface area contributed by atoms with Gasteiger partial charge in [-0.1, -0.05) is 0 Å². The second-order valence-corrected chi connectivity index (χ2v) is 6.80. The highest BCUT2D eigenvalue weighted by molar-refractivity contribution is 14.0. The minimum Gasteiger partial charge on any atom is -0.469 e. The number of aliphatic imine (C=N–C) groups is 1. The maximum Gasteiger partial charge on any atom is 0.308 e. The van der Waals surface area contributed by atoms with E-state index in [0.717, 1.165) is 64.7 Å². The van der Waals surface area contributed by atoms with E-state index in [4.69, 9.17) is 14.5 Å². The SMILES string of the molecule is CCNC(=NCC1CCCN1CCOC)N1CCC(C(=O)OC)CC1.I. The van der Waals surface area contributed by atoms with Crippen molar-refractivity contribution in [1.82, 2.24) is 15.1 Å². The van der Waals surface area contributed by atoms with Crippen LogP contribution in [0, 0.1) is 5.92 Å². The van der Waals surface area contributed by atoms with Crippen LogP contribution in [0.15, 0.2) is 4.99 Å². The molecule has 0 radical (unpaired) electrons. The Labute approximate surface area is 174 Å². The fourth-order valence-corrected chi connectivity index (χ4v) is 3.72. The summed E-state index contributed by atoms with van der Waals surface area (Å²) in [6.07, 6.45) is 4.11. The van der Waals surface area contributed by atoms with Gasteiger partial charge in [-0.3, -0.25) is 14.7 Å². The predicted octanol–water partition coefficient (Wildman–Crippen LogP) is 1.57. The first-order valence-corrected chi connectivity index (χ1v) is 9.53. The molecule has 2 saturated heterocycles. The zero-order valence-corrected chi connectivity index (χ0v) is 18.7. The number of methoxy groups -OCH3 is 2. The molecule has 0 bridgehead atoms. The number of hydrogen-bond acceptors (Lipinski definition) is 5. The summed E-state index contributed by atoms with van der Waals surface area (Å²) in [5.41, 5.74) is 0. The largest absolute Gasteiger partial charge is 0.469 e. The summed E-state index contributed by atoms with van der Waals surface area (Å²) in [6.45, 7) is 8.38. The van der Waals surface area contributed by atoms with Crippen LogP contribution in [-0.4, -0.2) is 87.9 Å². The minimum absolute atomic E-state index is 0. The summed E-state index contributed by atoms with van der Waals surface area (Å²) in [6, 6.07) is 0.511. The monoisotopic (exact) mass is 482 g/mol. The number of hydrogen-bond donors (Lipinski definition) is 1. The van der Waals surface area contributed by atoms with Gasteiger partial charge in [0, 0.05) is 39.3 Å². The van der Waals surface area contributed by atoms with Crippen molar-refractivity contribution in [3.63, 3.8) is 0 Å². The van der Waals surface area contributed by atoms with Crippen LogP contribution in [0.2, 0.25) is 0 Å². The standard InChI is InChI=1S/C18H34N4O3.HI/c1-4-19-18(22-10-7-15(8-11-22)17(23)25-3)20-14-16-6-5-9-21(16)12-13-24-2;/h15-16H,4-14H2,1-3H3,(H,19,20);1H. The molecule has 2 fully saturated rings. The topological polar surface area (TPSA) is 66.4 Å². The average Bonchev–Trinajstić information content (AvgIpc) is 3.10. The summed E-state index contributed by atoms with van der Waals surface area (Å²) in [5, 5.41) is 3.41. The van der Waals surface area contributed by atoms with E-state index >= 15 is 0 Å². The Morgan fingerprint density at radius 1 is 1.19 bits per heavy atom. The molecule has 2 heterocycles. The Hall–Kier alpha value is -0.610. The van der Waals surface area contributed by atoms with Crippen LogP contribution < -0.4 is 5.32 Å². The van der Waals surface area contributed by atoms with Crippen LogP contribution in [0.5, 0.6) is 0 Å². The molecule has 2 aliphatic heterocycles. The van der Waals surface area contributed by atoms with Crippen LogP contribution in [0.1, 0.15) is 32.6 Å². The normalized spacial score (nSPS) is 22.2. The van der Waals surface area contributed by atoms with E-state index < -0.39 is 0 Å². The first kappa shape index (κ1) is 23.4. The maximum absolute atomic E-state index is 11.7. The molecule has 0 aromatic heterocycles. The Kier molecular flexibility index (Phi) is 11.5. The van der Waals surface area contributed by atoms with Crippen molar-refractivity contribution in [2.75, 3.05) is 60.1 Å². The van der Waals surface area contributed by atoms with Crippen LogP contribution in [0.25, 0.3) is 0 Å². The minimum atomic E-state index is -0.0821. The van der Waals surface area contributed by atoms with Gasteiger partial charge in [0.15, 0.2) is 5.96 Å². The van der Waals surface area contributed by atoms with Crippen LogP contribution in [-0.2, 0) is 14.3 Å². The van der Waals surface area contributed by atoms with Gasteiger partial charge >= 0.3 is 5.97 Å². The second kappa shape index (κ2) is 12.7. The lowest BCUT2D eigenvalue weighted by molar-refractivity contribution is -0.146. The van der Waals surface area contributed by atoms with Gasteiger partial charge in [0.1, 0.15) is 0 Å². The summed E-state index contributed by atoms with van der Waals surface area (Å²) >= 11 is 0. The number of rotatable bonds is 7. The molecule has 2 rings (SSSR count). The third-order valence-corrected chi connectivity index (χ3v) is 5.20. The summed E-state index contributed by atoms with van der Waals surface area (Å²) in [5.74, 6) is 0.925. The van der Waals surface area contributed by atoms with Crippen molar-refractivity contribution in [3.05, 3.63) is 0 Å². The van der Waals surface area contributed by atoms with Gasteiger partial charge in [-0.15, -0.1) is 24.0 Å². The number of carbonyl (C=O) groups is 1. The molecule has 1 atom stereocenters. The number of carbonyl (C=O) groups excluding carboxylic acids is 1. The van der Waals surface area contributed by atoms with Crippen molar-refractivity contribution in [2.45, 2.75) is 38.6 Å². The molecule has 0 saturated carbocycles. The molecule has 1 unspecified atom stereocenters. The zero-order valence-electron chi connectivity index (χ0n) is 16.4. The molecule has 7 nitrogen and oxygen atoms in total. The highest BCUT2D eigenvalue weighted by atomic mass is 127. The van der Waals surface area contributed by atoms with Gasteiger partial charge < -0.3 is 19.7 Å². The molecular formula is C18H35IN4O3. The first-order valence-electron chi connectivity index (χ1n) is 9.53. The average molecular weight is 482 g/mol. The second-order valence-electron chi connectivity index (χ2n) is 6.80. The number of likely N-dealkylation sites (tertiary alicyclic amines) is 2. The third-order valence-electron chi connectivity index (χ3n) is 5.20. The van der Waals surface area contributed by atoms with Gasteiger partial charge in [-0.25, -0.2) is 0 Å². The van der Waals surface area contributed by atoms with Gasteiger partial charge in [-0.2, -0.15) is 0 Å². The number of piperidine rings is 1. The number of esters is 1. The van der Waals surface area contributed by atoms with E-state index in [9.17, 15) is 4.79 Å². The van der Waals surface area contributed by atoms with Crippen molar-refractivity contribution in [2.24, 2.45) is 10.9 Å². The zero-order chi connectivity index (χ0) is 18.1. The number of guanidine groups is 1. The number of halogens is 1. The lowest BCUT2D eigenvalue weighted by Crippen LogP contribution is -2.47. The molecule has 152 valence electrons. The van der Waals surface area contributed by atoms with Crippen LogP contribution in [0.4, 0.5) is 0 Å². The van der Waals surface area contributed by atoms with Crippen LogP contribution in [0.3, 0.4) is 0 Å². The van der Waals surface area contributed by atoms with E-state index in [0.29, 0.717) is 6.04 Å². The Bertz CT molecular complexity index is 442. The van der Waals surface area contributed by atoms with E-state index in [2.05, 4.69) is 22.0 Å². The first-order chi connectivity index (χ1) is 12.2. The molecular weight excluding hydrogens is 447 g/mol. The fourth-order valence-electron chi connectivity index (χ4n) is 3.72. The van der Waals surface area contributed by atoms with Gasteiger partial charge in [0.25, 0.3) is 0 Å². The Balaban J connectivity index is 0.00000338. The van der Waals surface area contributed by atoms with Crippen molar-refractivity contribution in [1.29, 1.82) is 0 Å². The molecule has 2 aliphatic rings. The highest BCUT2D eigenvalue weighted by Crippen LogP contribution is 2.20. The third kappa shape index (κ3) is 6.84. The van der Waals surface area contributed by atoms with Crippen molar-refractivity contribution < 1.29 is 14.3 Å². The van der Waals surface area contributed by atoms with E-state index in [1.54, 1.807) is 7.11 Å². The highest BCUT2D eigenvalue weighted by Gasteiger charge is 2.28. The molecule has 0 aliphatic carbocycles. The molecule has 1 N–H and O–H groups in total. The summed E-state index contributed by atoms with van der Waals surface area (Å²) in [4.78, 5) is 21.4. The molecule has 26 heavy (non-hydrogen) atoms. The lowest BCUT2D eigenvalue weighted by atomic mass is 9.97. The quantitative estimate of drug-likeness (QED) is 0.257. The Morgan fingerprint density at radius 2 is 1.92 bits per heavy atom. The predicted molar refractivity (Wildman–Crippen MR) is 114 cm³/mol. The molecule has 8 heteroatoms. The molecule has 0 amide bonds. The van der Waals surface area contributed by atoms with Crippen LogP contribution >= 0.6 is 24.0 Å². The lowest BCUT2D eigenvalue weighted by Gasteiger charge is -2.33.